The van der Waals surface area contributed by atoms with Gasteiger partial charge >= 0.3 is 17.9 Å². The number of nitro groups is 1. The number of nitro benzene ring substituents is 1. The summed E-state index contributed by atoms with van der Waals surface area (Å²) in [6, 6.07) is 4.71. The van der Waals surface area contributed by atoms with Crippen molar-refractivity contribution in [3.8, 4) is 0 Å². The molecule has 2 rings (SSSR count). The van der Waals surface area contributed by atoms with E-state index < -0.39 is 34.8 Å². The Labute approximate surface area is 207 Å². The molecule has 1 aromatic rings. The van der Waals surface area contributed by atoms with E-state index in [9.17, 15) is 24.5 Å². The fourth-order valence-electron chi connectivity index (χ4n) is 3.59. The third-order valence-corrected chi connectivity index (χ3v) is 6.60. The zero-order valence-corrected chi connectivity index (χ0v) is 21.0. The SMILES string of the molecule is CCOC(=O)C1=C(SCC(N)C(=O)OCC)N(C)C(C)=C(C(=O)OC)C1c1cccc([N+](=O)[O-])c1. The van der Waals surface area contributed by atoms with Gasteiger partial charge in [-0.2, -0.15) is 0 Å². The Bertz CT molecular complexity index is 1070. The lowest BCUT2D eigenvalue weighted by Gasteiger charge is -2.36. The molecule has 35 heavy (non-hydrogen) atoms. The first-order valence-corrected chi connectivity index (χ1v) is 11.8. The number of allylic oxidation sites excluding steroid dienone is 1. The number of hydrogen-bond donors (Lipinski definition) is 1. The largest absolute Gasteiger partial charge is 0.466 e. The second-order valence-corrected chi connectivity index (χ2v) is 8.45. The lowest BCUT2D eigenvalue weighted by molar-refractivity contribution is -0.384. The van der Waals surface area contributed by atoms with Crippen LogP contribution in [0.15, 0.2) is 46.1 Å². The topological polar surface area (TPSA) is 151 Å². The summed E-state index contributed by atoms with van der Waals surface area (Å²) in [5.41, 5.74) is 6.78. The van der Waals surface area contributed by atoms with Gasteiger partial charge in [0.15, 0.2) is 0 Å². The molecule has 0 amide bonds. The van der Waals surface area contributed by atoms with E-state index >= 15 is 0 Å². The third-order valence-electron chi connectivity index (χ3n) is 5.31. The summed E-state index contributed by atoms with van der Waals surface area (Å²) in [5.74, 6) is -2.94. The van der Waals surface area contributed by atoms with Gasteiger partial charge in [-0.25, -0.2) is 9.59 Å². The van der Waals surface area contributed by atoms with Crippen molar-refractivity contribution in [3.05, 3.63) is 61.8 Å². The summed E-state index contributed by atoms with van der Waals surface area (Å²) in [6.45, 7) is 5.21. The summed E-state index contributed by atoms with van der Waals surface area (Å²) in [6.07, 6.45) is 0. The molecule has 1 aromatic carbocycles. The number of esters is 3. The van der Waals surface area contributed by atoms with Gasteiger partial charge in [0.1, 0.15) is 6.04 Å². The van der Waals surface area contributed by atoms with Crippen molar-refractivity contribution in [1.29, 1.82) is 0 Å². The summed E-state index contributed by atoms with van der Waals surface area (Å²) in [5, 5.41) is 11.8. The van der Waals surface area contributed by atoms with E-state index in [1.54, 1.807) is 38.8 Å². The average molecular weight is 508 g/mol. The maximum Gasteiger partial charge on any atom is 0.337 e. The smallest absolute Gasteiger partial charge is 0.337 e. The van der Waals surface area contributed by atoms with Crippen LogP contribution in [0.4, 0.5) is 5.69 Å². The van der Waals surface area contributed by atoms with Gasteiger partial charge in [-0.1, -0.05) is 12.1 Å². The first-order chi connectivity index (χ1) is 16.6. The zero-order chi connectivity index (χ0) is 26.3. The summed E-state index contributed by atoms with van der Waals surface area (Å²) < 4.78 is 15.3. The van der Waals surface area contributed by atoms with Crippen molar-refractivity contribution in [2.75, 3.05) is 33.1 Å². The van der Waals surface area contributed by atoms with Crippen LogP contribution in [0.2, 0.25) is 0 Å². The number of nitrogens with zero attached hydrogens (tertiary/aromatic N) is 2. The van der Waals surface area contributed by atoms with Crippen LogP contribution in [0.5, 0.6) is 0 Å². The highest BCUT2D eigenvalue weighted by molar-refractivity contribution is 8.03. The summed E-state index contributed by atoms with van der Waals surface area (Å²) in [4.78, 5) is 50.6. The van der Waals surface area contributed by atoms with E-state index in [4.69, 9.17) is 19.9 Å². The van der Waals surface area contributed by atoms with E-state index in [1.165, 1.54) is 25.3 Å². The molecule has 1 heterocycles. The van der Waals surface area contributed by atoms with E-state index in [0.29, 0.717) is 16.3 Å². The van der Waals surface area contributed by atoms with Gasteiger partial charge in [-0.05, 0) is 26.3 Å². The minimum atomic E-state index is -1.01. The van der Waals surface area contributed by atoms with Crippen molar-refractivity contribution >= 4 is 35.4 Å². The predicted molar refractivity (Wildman–Crippen MR) is 129 cm³/mol. The molecule has 0 radical (unpaired) electrons. The molecule has 0 spiro atoms. The predicted octanol–water partition coefficient (Wildman–Crippen LogP) is 2.47. The third kappa shape index (κ3) is 6.20. The van der Waals surface area contributed by atoms with Gasteiger partial charge in [-0.15, -0.1) is 11.8 Å². The lowest BCUT2D eigenvalue weighted by atomic mass is 9.81. The van der Waals surface area contributed by atoms with Gasteiger partial charge in [0.05, 0.1) is 47.3 Å². The first kappa shape index (κ1) is 27.9. The van der Waals surface area contributed by atoms with E-state index in [2.05, 4.69) is 0 Å². The number of nitrogens with two attached hydrogens (primary N) is 1. The van der Waals surface area contributed by atoms with Crippen LogP contribution in [0.25, 0.3) is 0 Å². The number of hydrogen-bond acceptors (Lipinski definition) is 11. The highest BCUT2D eigenvalue weighted by Crippen LogP contribution is 2.46. The molecule has 2 unspecified atom stereocenters. The van der Waals surface area contributed by atoms with Crippen LogP contribution in [0, 0.1) is 10.1 Å². The van der Waals surface area contributed by atoms with E-state index in [1.807, 2.05) is 0 Å². The Hall–Kier alpha value is -3.38. The standard InChI is InChI=1S/C23H29N3O8S/c1-6-33-21(27)16(24)12-35-20-19(23(29)34-7-2)18(14-9-8-10-15(11-14)26(30)31)17(22(28)32-5)13(3)25(20)4/h8-11,16,18H,6-7,12,24H2,1-5H3. The van der Waals surface area contributed by atoms with Crippen LogP contribution in [-0.4, -0.2) is 66.9 Å². The number of thioether (sulfide) groups is 1. The number of benzene rings is 1. The molecule has 2 atom stereocenters. The Morgan fingerprint density at radius 3 is 2.40 bits per heavy atom. The van der Waals surface area contributed by atoms with E-state index in [-0.39, 0.29) is 35.8 Å². The number of ether oxygens (including phenoxy) is 3. The Balaban J connectivity index is 2.73. The maximum atomic E-state index is 13.2. The molecule has 0 aliphatic carbocycles. The first-order valence-electron chi connectivity index (χ1n) is 10.8. The maximum absolute atomic E-state index is 13.2. The van der Waals surface area contributed by atoms with Crippen LogP contribution in [-0.2, 0) is 28.6 Å². The van der Waals surface area contributed by atoms with Crippen LogP contribution in [0.3, 0.4) is 0 Å². The van der Waals surface area contributed by atoms with Crippen LogP contribution < -0.4 is 5.73 Å². The Kier molecular flexibility index (Phi) is 9.84. The fraction of sp³-hybridized carbons (Fsp3) is 0.435. The zero-order valence-electron chi connectivity index (χ0n) is 20.2. The van der Waals surface area contributed by atoms with Crippen molar-refractivity contribution in [3.63, 3.8) is 0 Å². The van der Waals surface area contributed by atoms with Crippen LogP contribution >= 0.6 is 11.8 Å². The van der Waals surface area contributed by atoms with Crippen molar-refractivity contribution < 1.29 is 33.5 Å². The lowest BCUT2D eigenvalue weighted by Crippen LogP contribution is -2.37. The van der Waals surface area contributed by atoms with Crippen molar-refractivity contribution in [2.45, 2.75) is 32.7 Å². The van der Waals surface area contributed by atoms with E-state index in [0.717, 1.165) is 11.8 Å². The van der Waals surface area contributed by atoms with Gasteiger partial charge in [-0.3, -0.25) is 14.9 Å². The molecule has 1 aliphatic rings. The van der Waals surface area contributed by atoms with Crippen molar-refractivity contribution in [2.24, 2.45) is 5.73 Å². The quantitative estimate of drug-likeness (QED) is 0.215. The Morgan fingerprint density at radius 1 is 1.17 bits per heavy atom. The van der Waals surface area contributed by atoms with Gasteiger partial charge < -0.3 is 24.8 Å². The number of carbonyl (C=O) groups excluding carboxylic acids is 3. The molecule has 0 saturated carbocycles. The number of non-ortho nitro benzene ring substituents is 1. The summed E-state index contributed by atoms with van der Waals surface area (Å²) >= 11 is 1.12. The van der Waals surface area contributed by atoms with Crippen molar-refractivity contribution in [1.82, 2.24) is 4.90 Å². The number of carbonyl (C=O) groups is 3. The molecule has 0 fully saturated rings. The molecular formula is C23H29N3O8S. The van der Waals surface area contributed by atoms with Crippen LogP contribution in [0.1, 0.15) is 32.3 Å². The second kappa shape index (κ2) is 12.4. The fourth-order valence-corrected chi connectivity index (χ4v) is 4.75. The molecule has 12 heteroatoms. The monoisotopic (exact) mass is 507 g/mol. The molecular weight excluding hydrogens is 478 g/mol. The summed E-state index contributed by atoms with van der Waals surface area (Å²) in [7, 11) is 2.86. The Morgan fingerprint density at radius 2 is 1.83 bits per heavy atom. The molecule has 190 valence electrons. The molecule has 0 aromatic heterocycles. The normalized spacial score (nSPS) is 16.6. The van der Waals surface area contributed by atoms with Gasteiger partial charge in [0.25, 0.3) is 5.69 Å². The molecule has 2 N–H and O–H groups in total. The highest BCUT2D eigenvalue weighted by Gasteiger charge is 2.41. The molecule has 11 nitrogen and oxygen atoms in total. The molecule has 1 aliphatic heterocycles. The second-order valence-electron chi connectivity index (χ2n) is 7.44. The minimum Gasteiger partial charge on any atom is -0.466 e. The molecule has 0 saturated heterocycles. The van der Waals surface area contributed by atoms with Gasteiger partial charge in [0.2, 0.25) is 0 Å². The number of methoxy groups -OCH3 is 1. The van der Waals surface area contributed by atoms with Gasteiger partial charge in [0, 0.05) is 30.6 Å². The minimum absolute atomic E-state index is 0.0598. The average Bonchev–Trinajstić information content (AvgIpc) is 2.84. The highest BCUT2D eigenvalue weighted by atomic mass is 32.2. The molecule has 0 bridgehead atoms. The number of rotatable bonds is 10.